The third-order valence-corrected chi connectivity index (χ3v) is 4.18. The van der Waals surface area contributed by atoms with Crippen molar-refractivity contribution in [3.8, 4) is 0 Å². The lowest BCUT2D eigenvalue weighted by Crippen LogP contribution is -2.44. The van der Waals surface area contributed by atoms with E-state index in [1.54, 1.807) is 30.5 Å². The first kappa shape index (κ1) is 15.4. The molecular formula is C17H21N5O. The van der Waals surface area contributed by atoms with Gasteiger partial charge in [-0.05, 0) is 31.3 Å². The molecule has 23 heavy (non-hydrogen) atoms. The quantitative estimate of drug-likeness (QED) is 0.860. The molecule has 120 valence electrons. The SMILES string of the molecule is CN1CCN(c2ccc(C(=O)N(C)c3ccncc3)cn2)CC1. The second kappa shape index (κ2) is 6.75. The lowest BCUT2D eigenvalue weighted by molar-refractivity contribution is 0.0992. The minimum atomic E-state index is -0.0753. The van der Waals surface area contributed by atoms with Crippen molar-refractivity contribution in [2.24, 2.45) is 0 Å². The summed E-state index contributed by atoms with van der Waals surface area (Å²) in [5, 5.41) is 0. The number of nitrogens with zero attached hydrogens (tertiary/aromatic N) is 5. The number of aromatic nitrogens is 2. The Labute approximate surface area is 136 Å². The Morgan fingerprint density at radius 3 is 2.39 bits per heavy atom. The van der Waals surface area contributed by atoms with Gasteiger partial charge in [0, 0.05) is 57.5 Å². The molecule has 0 aliphatic carbocycles. The molecule has 0 bridgehead atoms. The van der Waals surface area contributed by atoms with E-state index < -0.39 is 0 Å². The summed E-state index contributed by atoms with van der Waals surface area (Å²) in [6, 6.07) is 7.40. The first-order valence-corrected chi connectivity index (χ1v) is 7.73. The number of hydrogen-bond acceptors (Lipinski definition) is 5. The number of amides is 1. The number of anilines is 2. The fraction of sp³-hybridized carbons (Fsp3) is 0.353. The van der Waals surface area contributed by atoms with Gasteiger partial charge in [0.15, 0.2) is 0 Å². The summed E-state index contributed by atoms with van der Waals surface area (Å²) in [6.45, 7) is 4.00. The largest absolute Gasteiger partial charge is 0.354 e. The van der Waals surface area contributed by atoms with Gasteiger partial charge < -0.3 is 14.7 Å². The second-order valence-electron chi connectivity index (χ2n) is 5.76. The van der Waals surface area contributed by atoms with Gasteiger partial charge in [0.25, 0.3) is 5.91 Å². The molecule has 6 nitrogen and oxygen atoms in total. The molecule has 3 heterocycles. The summed E-state index contributed by atoms with van der Waals surface area (Å²) in [6.07, 6.45) is 5.01. The number of carbonyl (C=O) groups is 1. The predicted molar refractivity (Wildman–Crippen MR) is 90.9 cm³/mol. The minimum absolute atomic E-state index is 0.0753. The average Bonchev–Trinajstić information content (AvgIpc) is 2.62. The standard InChI is InChI=1S/C17H21N5O/c1-20-9-11-22(12-10-20)16-4-3-14(13-19-16)17(23)21(2)15-5-7-18-8-6-15/h3-8,13H,9-12H2,1-2H3. The fourth-order valence-corrected chi connectivity index (χ4v) is 2.61. The van der Waals surface area contributed by atoms with E-state index in [-0.39, 0.29) is 5.91 Å². The van der Waals surface area contributed by atoms with E-state index in [0.29, 0.717) is 5.56 Å². The van der Waals surface area contributed by atoms with Gasteiger partial charge in [-0.1, -0.05) is 0 Å². The maximum absolute atomic E-state index is 12.5. The van der Waals surface area contributed by atoms with Crippen LogP contribution in [0.4, 0.5) is 11.5 Å². The smallest absolute Gasteiger partial charge is 0.259 e. The van der Waals surface area contributed by atoms with Gasteiger partial charge in [-0.15, -0.1) is 0 Å². The predicted octanol–water partition coefficient (Wildman–Crippen LogP) is 1.51. The molecule has 0 atom stereocenters. The van der Waals surface area contributed by atoms with Gasteiger partial charge in [-0.3, -0.25) is 9.78 Å². The molecule has 0 saturated carbocycles. The Morgan fingerprint density at radius 2 is 1.78 bits per heavy atom. The highest BCUT2D eigenvalue weighted by molar-refractivity contribution is 6.05. The Bertz CT molecular complexity index is 650. The topological polar surface area (TPSA) is 52.6 Å². The molecular weight excluding hydrogens is 290 g/mol. The molecule has 2 aromatic rings. The molecule has 0 radical (unpaired) electrons. The van der Waals surface area contributed by atoms with E-state index in [1.165, 1.54) is 0 Å². The van der Waals surface area contributed by atoms with Crippen LogP contribution in [0, 0.1) is 0 Å². The third-order valence-electron chi connectivity index (χ3n) is 4.18. The number of piperazine rings is 1. The molecule has 1 aliphatic heterocycles. The van der Waals surface area contributed by atoms with Gasteiger partial charge in [0.2, 0.25) is 0 Å². The molecule has 0 unspecified atom stereocenters. The van der Waals surface area contributed by atoms with Crippen molar-refractivity contribution in [1.29, 1.82) is 0 Å². The van der Waals surface area contributed by atoms with Crippen LogP contribution in [0.5, 0.6) is 0 Å². The van der Waals surface area contributed by atoms with Crippen molar-refractivity contribution in [2.45, 2.75) is 0 Å². The Balaban J connectivity index is 1.70. The molecule has 0 N–H and O–H groups in total. The number of rotatable bonds is 3. The lowest BCUT2D eigenvalue weighted by Gasteiger charge is -2.33. The molecule has 1 fully saturated rings. The number of likely N-dealkylation sites (N-methyl/N-ethyl adjacent to an activating group) is 1. The number of carbonyl (C=O) groups excluding carboxylic acids is 1. The monoisotopic (exact) mass is 311 g/mol. The van der Waals surface area contributed by atoms with Gasteiger partial charge in [0.1, 0.15) is 5.82 Å². The first-order valence-electron chi connectivity index (χ1n) is 7.73. The van der Waals surface area contributed by atoms with E-state index in [9.17, 15) is 4.79 Å². The van der Waals surface area contributed by atoms with Crippen molar-refractivity contribution in [1.82, 2.24) is 14.9 Å². The molecule has 2 aromatic heterocycles. The summed E-state index contributed by atoms with van der Waals surface area (Å²) < 4.78 is 0. The van der Waals surface area contributed by atoms with Crippen LogP contribution in [-0.4, -0.2) is 61.0 Å². The van der Waals surface area contributed by atoms with Crippen LogP contribution >= 0.6 is 0 Å². The van der Waals surface area contributed by atoms with Crippen LogP contribution in [-0.2, 0) is 0 Å². The van der Waals surface area contributed by atoms with Crippen LogP contribution in [0.25, 0.3) is 0 Å². The van der Waals surface area contributed by atoms with Gasteiger partial charge >= 0.3 is 0 Å². The summed E-state index contributed by atoms with van der Waals surface area (Å²) in [7, 11) is 3.88. The van der Waals surface area contributed by atoms with Crippen LogP contribution in [0.3, 0.4) is 0 Å². The number of hydrogen-bond donors (Lipinski definition) is 0. The van der Waals surface area contributed by atoms with E-state index in [0.717, 1.165) is 37.7 Å². The lowest BCUT2D eigenvalue weighted by atomic mass is 10.2. The Kier molecular flexibility index (Phi) is 4.52. The summed E-state index contributed by atoms with van der Waals surface area (Å²) >= 11 is 0. The van der Waals surface area contributed by atoms with E-state index in [2.05, 4.69) is 26.8 Å². The van der Waals surface area contributed by atoms with Crippen LogP contribution in [0.15, 0.2) is 42.9 Å². The molecule has 0 aromatic carbocycles. The molecule has 3 rings (SSSR count). The zero-order chi connectivity index (χ0) is 16.2. The van der Waals surface area contributed by atoms with Crippen molar-refractivity contribution in [2.75, 3.05) is 50.1 Å². The summed E-state index contributed by atoms with van der Waals surface area (Å²) in [4.78, 5) is 27.1. The fourth-order valence-electron chi connectivity index (χ4n) is 2.61. The zero-order valence-corrected chi connectivity index (χ0v) is 13.5. The molecule has 1 saturated heterocycles. The van der Waals surface area contributed by atoms with Crippen LogP contribution < -0.4 is 9.80 Å². The maximum Gasteiger partial charge on any atom is 0.259 e. The van der Waals surface area contributed by atoms with Gasteiger partial charge in [0.05, 0.1) is 5.56 Å². The van der Waals surface area contributed by atoms with Gasteiger partial charge in [-0.25, -0.2) is 4.98 Å². The van der Waals surface area contributed by atoms with Crippen LogP contribution in [0.1, 0.15) is 10.4 Å². The summed E-state index contributed by atoms with van der Waals surface area (Å²) in [5.41, 5.74) is 1.40. The molecule has 0 spiro atoms. The average molecular weight is 311 g/mol. The second-order valence-corrected chi connectivity index (χ2v) is 5.76. The molecule has 1 amide bonds. The van der Waals surface area contributed by atoms with Crippen LogP contribution in [0.2, 0.25) is 0 Å². The Hall–Kier alpha value is -2.47. The van der Waals surface area contributed by atoms with Crippen molar-refractivity contribution >= 4 is 17.4 Å². The summed E-state index contributed by atoms with van der Waals surface area (Å²) in [5.74, 6) is 0.856. The third kappa shape index (κ3) is 3.48. The van der Waals surface area contributed by atoms with Gasteiger partial charge in [-0.2, -0.15) is 0 Å². The normalized spacial score (nSPS) is 15.5. The minimum Gasteiger partial charge on any atom is -0.354 e. The van der Waals surface area contributed by atoms with E-state index >= 15 is 0 Å². The first-order chi connectivity index (χ1) is 11.1. The zero-order valence-electron chi connectivity index (χ0n) is 13.5. The van der Waals surface area contributed by atoms with Crippen molar-refractivity contribution < 1.29 is 4.79 Å². The van der Waals surface area contributed by atoms with Crippen molar-refractivity contribution in [3.63, 3.8) is 0 Å². The number of pyridine rings is 2. The van der Waals surface area contributed by atoms with E-state index in [4.69, 9.17) is 0 Å². The van der Waals surface area contributed by atoms with E-state index in [1.807, 2.05) is 24.3 Å². The highest BCUT2D eigenvalue weighted by Crippen LogP contribution is 2.17. The Morgan fingerprint density at radius 1 is 1.09 bits per heavy atom. The highest BCUT2D eigenvalue weighted by Gasteiger charge is 2.17. The molecule has 6 heteroatoms. The molecule has 1 aliphatic rings. The maximum atomic E-state index is 12.5. The highest BCUT2D eigenvalue weighted by atomic mass is 16.2. The van der Waals surface area contributed by atoms with Crippen molar-refractivity contribution in [3.05, 3.63) is 48.4 Å².